The summed E-state index contributed by atoms with van der Waals surface area (Å²) in [7, 11) is -3.76. The molecule has 0 aliphatic carbocycles. The molecule has 0 aromatic heterocycles. The Labute approximate surface area is 124 Å². The van der Waals surface area contributed by atoms with E-state index in [0.717, 1.165) is 0 Å². The Morgan fingerprint density at radius 2 is 1.43 bits per heavy atom. The van der Waals surface area contributed by atoms with Crippen molar-refractivity contribution < 1.29 is 18.6 Å². The summed E-state index contributed by atoms with van der Waals surface area (Å²) in [5.41, 5.74) is 1.88. The van der Waals surface area contributed by atoms with Crippen LogP contribution < -0.4 is 0 Å². The lowest BCUT2D eigenvalue weighted by Crippen LogP contribution is -2.08. The molecule has 2 rings (SSSR count). The summed E-state index contributed by atoms with van der Waals surface area (Å²) in [5, 5.41) is 19.5. The molecule has 0 fully saturated rings. The maximum Gasteiger partial charge on any atom is 0.207 e. The van der Waals surface area contributed by atoms with Crippen molar-refractivity contribution in [2.45, 2.75) is 37.5 Å². The minimum absolute atomic E-state index is 0.0488. The monoisotopic (exact) mass is 306 g/mol. The average molecular weight is 306 g/mol. The SMILES string of the molecule is Cc1cc(S(=O)(=O)c2c(C)ccc(O)c2C)c(C)cc1O. The number of hydrogen-bond donors (Lipinski definition) is 2. The molecule has 0 radical (unpaired) electrons. The number of phenolic OH excluding ortho intramolecular Hbond substituents is 2. The number of aromatic hydroxyl groups is 2. The Kier molecular flexibility index (Phi) is 3.72. The zero-order valence-electron chi connectivity index (χ0n) is 12.4. The molecule has 5 heteroatoms. The number of phenols is 2. The van der Waals surface area contributed by atoms with Gasteiger partial charge in [-0.1, -0.05) is 6.07 Å². The molecule has 2 aromatic carbocycles. The maximum absolute atomic E-state index is 12.9. The summed E-state index contributed by atoms with van der Waals surface area (Å²) in [4.78, 5) is 0.269. The molecule has 0 saturated carbocycles. The third-order valence-corrected chi connectivity index (χ3v) is 5.81. The molecule has 2 aromatic rings. The number of aryl methyl sites for hydroxylation is 3. The molecule has 21 heavy (non-hydrogen) atoms. The van der Waals surface area contributed by atoms with Crippen molar-refractivity contribution in [3.05, 3.63) is 46.5 Å². The first kappa shape index (κ1) is 15.4. The van der Waals surface area contributed by atoms with Crippen molar-refractivity contribution in [3.8, 4) is 11.5 Å². The summed E-state index contributed by atoms with van der Waals surface area (Å²) in [6, 6.07) is 5.97. The quantitative estimate of drug-likeness (QED) is 0.893. The third kappa shape index (κ3) is 2.49. The smallest absolute Gasteiger partial charge is 0.207 e. The highest BCUT2D eigenvalue weighted by molar-refractivity contribution is 7.91. The topological polar surface area (TPSA) is 74.6 Å². The average Bonchev–Trinajstić information content (AvgIpc) is 2.38. The van der Waals surface area contributed by atoms with Crippen molar-refractivity contribution in [1.29, 1.82) is 0 Å². The molecule has 112 valence electrons. The Balaban J connectivity index is 2.81. The van der Waals surface area contributed by atoms with Gasteiger partial charge in [0.1, 0.15) is 11.5 Å². The van der Waals surface area contributed by atoms with Gasteiger partial charge in [0.05, 0.1) is 9.79 Å². The molecule has 0 spiro atoms. The van der Waals surface area contributed by atoms with Crippen molar-refractivity contribution in [3.63, 3.8) is 0 Å². The van der Waals surface area contributed by atoms with Crippen LogP contribution >= 0.6 is 0 Å². The van der Waals surface area contributed by atoms with E-state index < -0.39 is 9.84 Å². The van der Waals surface area contributed by atoms with E-state index in [1.54, 1.807) is 33.8 Å². The minimum Gasteiger partial charge on any atom is -0.508 e. The van der Waals surface area contributed by atoms with Gasteiger partial charge in [0.25, 0.3) is 0 Å². The number of benzene rings is 2. The Bertz CT molecular complexity index is 821. The van der Waals surface area contributed by atoms with Gasteiger partial charge in [-0.05, 0) is 62.6 Å². The van der Waals surface area contributed by atoms with Gasteiger partial charge < -0.3 is 10.2 Å². The second-order valence-corrected chi connectivity index (χ2v) is 7.12. The van der Waals surface area contributed by atoms with E-state index in [0.29, 0.717) is 22.3 Å². The summed E-state index contributed by atoms with van der Waals surface area (Å²) >= 11 is 0. The standard InChI is InChI=1S/C16H18O4S/c1-9-5-6-13(17)12(4)16(9)21(19,20)15-8-10(2)14(18)7-11(15)3/h5-8,17-18H,1-4H3. The number of rotatable bonds is 2. The highest BCUT2D eigenvalue weighted by Crippen LogP contribution is 2.34. The van der Waals surface area contributed by atoms with Crippen LogP contribution in [0.4, 0.5) is 0 Å². The minimum atomic E-state index is -3.76. The van der Waals surface area contributed by atoms with Gasteiger partial charge in [-0.3, -0.25) is 0 Å². The zero-order chi connectivity index (χ0) is 15.9. The lowest BCUT2D eigenvalue weighted by molar-refractivity contribution is 0.467. The van der Waals surface area contributed by atoms with Crippen LogP contribution in [-0.2, 0) is 9.84 Å². The summed E-state index contributed by atoms with van der Waals surface area (Å²) in [5.74, 6) is 0.0168. The van der Waals surface area contributed by atoms with Crippen LogP contribution in [-0.4, -0.2) is 18.6 Å². The van der Waals surface area contributed by atoms with Crippen LogP contribution in [0.2, 0.25) is 0 Å². The first-order valence-corrected chi connectivity index (χ1v) is 7.99. The van der Waals surface area contributed by atoms with Gasteiger partial charge in [-0.25, -0.2) is 8.42 Å². The fraction of sp³-hybridized carbons (Fsp3) is 0.250. The van der Waals surface area contributed by atoms with E-state index in [-0.39, 0.29) is 21.3 Å². The van der Waals surface area contributed by atoms with Crippen LogP contribution in [0, 0.1) is 27.7 Å². The summed E-state index contributed by atoms with van der Waals surface area (Å²) in [6.45, 7) is 6.56. The molecule has 2 N–H and O–H groups in total. The molecular formula is C16H18O4S. The highest BCUT2D eigenvalue weighted by Gasteiger charge is 2.26. The van der Waals surface area contributed by atoms with Crippen molar-refractivity contribution in [2.75, 3.05) is 0 Å². The first-order chi connectivity index (χ1) is 9.66. The normalized spacial score (nSPS) is 11.6. The molecule has 0 atom stereocenters. The van der Waals surface area contributed by atoms with Crippen molar-refractivity contribution >= 4 is 9.84 Å². The van der Waals surface area contributed by atoms with Crippen LogP contribution in [0.25, 0.3) is 0 Å². The Morgan fingerprint density at radius 1 is 0.810 bits per heavy atom. The van der Waals surface area contributed by atoms with Gasteiger partial charge in [0.15, 0.2) is 0 Å². The maximum atomic E-state index is 12.9. The molecule has 0 amide bonds. The van der Waals surface area contributed by atoms with E-state index in [9.17, 15) is 18.6 Å². The van der Waals surface area contributed by atoms with E-state index in [2.05, 4.69) is 0 Å². The predicted octanol–water partition coefficient (Wildman–Crippen LogP) is 3.16. The van der Waals surface area contributed by atoms with E-state index in [1.807, 2.05) is 0 Å². The third-order valence-electron chi connectivity index (χ3n) is 3.63. The first-order valence-electron chi connectivity index (χ1n) is 6.50. The van der Waals surface area contributed by atoms with Gasteiger partial charge in [0.2, 0.25) is 9.84 Å². The Morgan fingerprint density at radius 3 is 2.05 bits per heavy atom. The fourth-order valence-corrected chi connectivity index (χ4v) is 4.44. The molecule has 0 bridgehead atoms. The summed E-state index contributed by atoms with van der Waals surface area (Å²) in [6.07, 6.45) is 0. The molecule has 0 heterocycles. The van der Waals surface area contributed by atoms with Gasteiger partial charge >= 0.3 is 0 Å². The molecule has 0 aliphatic heterocycles. The molecule has 0 unspecified atom stereocenters. The highest BCUT2D eigenvalue weighted by atomic mass is 32.2. The molecular weight excluding hydrogens is 288 g/mol. The van der Waals surface area contributed by atoms with Crippen molar-refractivity contribution in [1.82, 2.24) is 0 Å². The second kappa shape index (κ2) is 5.07. The fourth-order valence-electron chi connectivity index (χ4n) is 2.40. The van der Waals surface area contributed by atoms with E-state index >= 15 is 0 Å². The van der Waals surface area contributed by atoms with E-state index in [4.69, 9.17) is 0 Å². The molecule has 0 aliphatic rings. The van der Waals surface area contributed by atoms with Crippen LogP contribution in [0.1, 0.15) is 22.3 Å². The Hall–Kier alpha value is -2.01. The number of sulfone groups is 1. The second-order valence-electron chi connectivity index (χ2n) is 5.26. The molecule has 0 saturated heterocycles. The predicted molar refractivity (Wildman–Crippen MR) is 80.6 cm³/mol. The van der Waals surface area contributed by atoms with Crippen molar-refractivity contribution in [2.24, 2.45) is 0 Å². The number of hydrogen-bond acceptors (Lipinski definition) is 4. The van der Waals surface area contributed by atoms with Crippen LogP contribution in [0.15, 0.2) is 34.1 Å². The zero-order valence-corrected chi connectivity index (χ0v) is 13.2. The lowest BCUT2D eigenvalue weighted by atomic mass is 10.1. The van der Waals surface area contributed by atoms with Crippen LogP contribution in [0.5, 0.6) is 11.5 Å². The van der Waals surface area contributed by atoms with Crippen LogP contribution in [0.3, 0.4) is 0 Å². The largest absolute Gasteiger partial charge is 0.508 e. The van der Waals surface area contributed by atoms with Gasteiger partial charge in [-0.15, -0.1) is 0 Å². The molecule has 4 nitrogen and oxygen atoms in total. The van der Waals surface area contributed by atoms with E-state index in [1.165, 1.54) is 18.2 Å². The lowest BCUT2D eigenvalue weighted by Gasteiger charge is -2.15. The summed E-state index contributed by atoms with van der Waals surface area (Å²) < 4.78 is 25.8. The van der Waals surface area contributed by atoms with Gasteiger partial charge in [0, 0.05) is 5.56 Å². The van der Waals surface area contributed by atoms with Gasteiger partial charge in [-0.2, -0.15) is 0 Å².